The Morgan fingerprint density at radius 3 is 2.32 bits per heavy atom. The van der Waals surface area contributed by atoms with E-state index >= 15 is 0 Å². The molecule has 1 amide bonds. The Kier molecular flexibility index (Phi) is 4.56. The van der Waals surface area contributed by atoms with Crippen molar-refractivity contribution in [2.24, 2.45) is 0 Å². The second-order valence-corrected chi connectivity index (χ2v) is 7.27. The van der Waals surface area contributed by atoms with E-state index in [0.29, 0.717) is 26.3 Å². The lowest BCUT2D eigenvalue weighted by molar-refractivity contribution is -0.137. The number of hydrogen-bond donors (Lipinski definition) is 1. The number of nitrogens with one attached hydrogen (secondary N) is 1. The van der Waals surface area contributed by atoms with Crippen molar-refractivity contribution in [3.8, 4) is 10.6 Å². The zero-order chi connectivity index (χ0) is 18.2. The fourth-order valence-corrected chi connectivity index (χ4v) is 3.59. The van der Waals surface area contributed by atoms with Gasteiger partial charge in [-0.2, -0.15) is 13.2 Å². The number of rotatable bonds is 3. The maximum Gasteiger partial charge on any atom is 0.416 e. The first-order chi connectivity index (χ1) is 11.7. The lowest BCUT2D eigenvalue weighted by Crippen LogP contribution is -2.11. The van der Waals surface area contributed by atoms with Gasteiger partial charge in [-0.25, -0.2) is 4.98 Å². The number of anilines is 1. The largest absolute Gasteiger partial charge is 0.416 e. The van der Waals surface area contributed by atoms with Gasteiger partial charge in [0.1, 0.15) is 14.9 Å². The number of halogens is 3. The van der Waals surface area contributed by atoms with Crippen LogP contribution in [0.2, 0.25) is 0 Å². The molecule has 0 bridgehead atoms. The van der Waals surface area contributed by atoms with Crippen molar-refractivity contribution >= 4 is 33.7 Å². The molecule has 10 heteroatoms. The summed E-state index contributed by atoms with van der Waals surface area (Å²) in [7, 11) is 0. The zero-order valence-electron chi connectivity index (χ0n) is 13.0. The molecule has 0 saturated heterocycles. The van der Waals surface area contributed by atoms with Crippen LogP contribution in [-0.2, 0) is 6.18 Å². The second kappa shape index (κ2) is 6.52. The van der Waals surface area contributed by atoms with Crippen molar-refractivity contribution < 1.29 is 18.0 Å². The minimum absolute atomic E-state index is 0.371. The Hall–Kier alpha value is -2.33. The maximum absolute atomic E-state index is 12.6. The van der Waals surface area contributed by atoms with Gasteiger partial charge < -0.3 is 0 Å². The monoisotopic (exact) mass is 384 g/mol. The summed E-state index contributed by atoms with van der Waals surface area (Å²) in [4.78, 5) is 17.0. The van der Waals surface area contributed by atoms with E-state index in [1.807, 2.05) is 0 Å². The van der Waals surface area contributed by atoms with E-state index in [9.17, 15) is 18.0 Å². The van der Waals surface area contributed by atoms with Crippen LogP contribution < -0.4 is 5.32 Å². The predicted octanol–water partition coefficient (Wildman–Crippen LogP) is 4.55. The van der Waals surface area contributed by atoms with Crippen LogP contribution in [0.4, 0.5) is 18.3 Å². The van der Waals surface area contributed by atoms with Gasteiger partial charge in [0, 0.05) is 5.56 Å². The van der Waals surface area contributed by atoms with Crippen LogP contribution >= 0.6 is 22.7 Å². The standard InChI is InChI=1S/C15H11F3N4OS2/c1-7-11(12(23)20-14-22-21-8(2)24-14)25-13(19-7)9-3-5-10(6-4-9)15(16,17)18/h3-6H,1-2H3,(H,20,22,23). The lowest BCUT2D eigenvalue weighted by Gasteiger charge is -2.06. The van der Waals surface area contributed by atoms with Crippen molar-refractivity contribution in [1.29, 1.82) is 0 Å². The summed E-state index contributed by atoms with van der Waals surface area (Å²) in [5.74, 6) is -0.371. The fourth-order valence-electron chi connectivity index (χ4n) is 2.03. The van der Waals surface area contributed by atoms with E-state index in [1.165, 1.54) is 23.5 Å². The number of amides is 1. The molecule has 0 spiro atoms. The molecule has 0 aliphatic heterocycles. The van der Waals surface area contributed by atoms with E-state index in [2.05, 4.69) is 20.5 Å². The smallest absolute Gasteiger partial charge is 0.296 e. The minimum atomic E-state index is -4.39. The quantitative estimate of drug-likeness (QED) is 0.719. The van der Waals surface area contributed by atoms with E-state index in [-0.39, 0.29) is 5.91 Å². The summed E-state index contributed by atoms with van der Waals surface area (Å²) in [6.07, 6.45) is -4.39. The number of carbonyl (C=O) groups is 1. The normalized spacial score (nSPS) is 11.6. The number of aromatic nitrogens is 3. The highest BCUT2D eigenvalue weighted by molar-refractivity contribution is 7.17. The number of thiazole rings is 1. The van der Waals surface area contributed by atoms with Crippen LogP contribution in [-0.4, -0.2) is 21.1 Å². The molecule has 0 radical (unpaired) electrons. The fraction of sp³-hybridized carbons (Fsp3) is 0.200. The molecule has 2 aromatic heterocycles. The molecule has 25 heavy (non-hydrogen) atoms. The van der Waals surface area contributed by atoms with Crippen molar-refractivity contribution in [3.05, 3.63) is 45.4 Å². The molecule has 5 nitrogen and oxygen atoms in total. The Morgan fingerprint density at radius 1 is 1.08 bits per heavy atom. The van der Waals surface area contributed by atoms with Gasteiger partial charge in [-0.15, -0.1) is 21.5 Å². The van der Waals surface area contributed by atoms with Crippen LogP contribution in [0.25, 0.3) is 10.6 Å². The summed E-state index contributed by atoms with van der Waals surface area (Å²) in [6, 6.07) is 4.68. The average molecular weight is 384 g/mol. The topological polar surface area (TPSA) is 67.8 Å². The first-order valence-corrected chi connectivity index (χ1v) is 8.64. The number of aryl methyl sites for hydroxylation is 2. The van der Waals surface area contributed by atoms with Crippen LogP contribution in [0, 0.1) is 13.8 Å². The number of benzene rings is 1. The van der Waals surface area contributed by atoms with Crippen LogP contribution in [0.15, 0.2) is 24.3 Å². The third-order valence-corrected chi connectivity index (χ3v) is 5.17. The summed E-state index contributed by atoms with van der Waals surface area (Å²) in [6.45, 7) is 3.44. The highest BCUT2D eigenvalue weighted by atomic mass is 32.1. The maximum atomic E-state index is 12.6. The lowest BCUT2D eigenvalue weighted by atomic mass is 10.1. The highest BCUT2D eigenvalue weighted by Crippen LogP contribution is 2.33. The van der Waals surface area contributed by atoms with Crippen molar-refractivity contribution in [1.82, 2.24) is 15.2 Å². The molecular formula is C15H11F3N4OS2. The summed E-state index contributed by atoms with van der Waals surface area (Å²) in [5.41, 5.74) is 0.291. The number of carbonyl (C=O) groups excluding carboxylic acids is 1. The Morgan fingerprint density at radius 2 is 1.76 bits per heavy atom. The van der Waals surface area contributed by atoms with Gasteiger partial charge >= 0.3 is 6.18 Å². The van der Waals surface area contributed by atoms with Crippen LogP contribution in [0.3, 0.4) is 0 Å². The van der Waals surface area contributed by atoms with Gasteiger partial charge in [-0.05, 0) is 26.0 Å². The molecular weight excluding hydrogens is 373 g/mol. The van der Waals surface area contributed by atoms with Gasteiger partial charge in [-0.3, -0.25) is 10.1 Å². The van der Waals surface area contributed by atoms with E-state index < -0.39 is 11.7 Å². The van der Waals surface area contributed by atoms with E-state index in [0.717, 1.165) is 28.5 Å². The zero-order valence-corrected chi connectivity index (χ0v) is 14.6. The van der Waals surface area contributed by atoms with Gasteiger partial charge in [0.05, 0.1) is 11.3 Å². The molecule has 0 atom stereocenters. The first kappa shape index (κ1) is 17.5. The SMILES string of the molecule is Cc1nnc(NC(=O)c2sc(-c3ccc(C(F)(F)F)cc3)nc2C)s1. The Labute approximate surface area is 148 Å². The number of alkyl halides is 3. The predicted molar refractivity (Wildman–Crippen MR) is 89.9 cm³/mol. The van der Waals surface area contributed by atoms with Gasteiger partial charge in [0.2, 0.25) is 5.13 Å². The highest BCUT2D eigenvalue weighted by Gasteiger charge is 2.30. The Bertz CT molecular complexity index is 916. The van der Waals surface area contributed by atoms with Gasteiger partial charge in [-0.1, -0.05) is 23.5 Å². The number of nitrogens with zero attached hydrogens (tertiary/aromatic N) is 3. The molecule has 1 N–H and O–H groups in total. The first-order valence-electron chi connectivity index (χ1n) is 7.00. The molecule has 3 aromatic rings. The van der Waals surface area contributed by atoms with Crippen LogP contribution in [0.1, 0.15) is 25.9 Å². The summed E-state index contributed by atoms with van der Waals surface area (Å²) in [5, 5.41) is 11.9. The third kappa shape index (κ3) is 3.85. The molecule has 0 unspecified atom stereocenters. The van der Waals surface area contributed by atoms with Crippen LogP contribution in [0.5, 0.6) is 0 Å². The number of hydrogen-bond acceptors (Lipinski definition) is 6. The van der Waals surface area contributed by atoms with Gasteiger partial charge in [0.25, 0.3) is 5.91 Å². The molecule has 130 valence electrons. The summed E-state index contributed by atoms with van der Waals surface area (Å²) < 4.78 is 37.9. The van der Waals surface area contributed by atoms with E-state index in [1.54, 1.807) is 13.8 Å². The molecule has 0 saturated carbocycles. The Balaban J connectivity index is 1.83. The summed E-state index contributed by atoms with van der Waals surface area (Å²) >= 11 is 2.36. The minimum Gasteiger partial charge on any atom is -0.296 e. The molecule has 1 aromatic carbocycles. The molecule has 0 aliphatic rings. The van der Waals surface area contributed by atoms with Crippen molar-refractivity contribution in [2.45, 2.75) is 20.0 Å². The van der Waals surface area contributed by atoms with Crippen molar-refractivity contribution in [2.75, 3.05) is 5.32 Å². The second-order valence-electron chi connectivity index (χ2n) is 5.09. The average Bonchev–Trinajstić information content (AvgIpc) is 3.12. The molecule has 0 aliphatic carbocycles. The molecule has 3 rings (SSSR count). The van der Waals surface area contributed by atoms with E-state index in [4.69, 9.17) is 0 Å². The third-order valence-electron chi connectivity index (χ3n) is 3.21. The molecule has 0 fully saturated rings. The van der Waals surface area contributed by atoms with Crippen molar-refractivity contribution in [3.63, 3.8) is 0 Å². The molecule has 2 heterocycles. The van der Waals surface area contributed by atoms with Gasteiger partial charge in [0.15, 0.2) is 0 Å².